The number of anilines is 1. The maximum absolute atomic E-state index is 13.2. The molecule has 0 radical (unpaired) electrons. The van der Waals surface area contributed by atoms with Gasteiger partial charge in [0, 0.05) is 60.0 Å². The van der Waals surface area contributed by atoms with Crippen LogP contribution in [0.25, 0.3) is 21.1 Å². The van der Waals surface area contributed by atoms with Crippen molar-refractivity contribution in [1.82, 2.24) is 29.1 Å². The first-order valence-electron chi connectivity index (χ1n) is 17.7. The molecule has 1 unspecified atom stereocenters. The summed E-state index contributed by atoms with van der Waals surface area (Å²) in [5.74, 6) is 1.32. The number of nitrogens with zero attached hydrogens (tertiary/aromatic N) is 7. The first-order chi connectivity index (χ1) is 24.2. The molecule has 51 heavy (non-hydrogen) atoms. The SMILES string of the molecule is CNS(=O)(=O)C1CCN([C@@H](C)Cn2c(C#N)cc3c(C)c(CN4CCC5(CCN(c6nc(C)nc7sc(CC(F)(F)F)cc67)C5)C4)ccc32)CC1. The summed E-state index contributed by atoms with van der Waals surface area (Å²) >= 11 is 1.11. The number of hydrogen-bond donors (Lipinski definition) is 1. The minimum atomic E-state index is -4.27. The topological polar surface area (TPSA) is 110 Å². The van der Waals surface area contributed by atoms with Crippen LogP contribution in [0.2, 0.25) is 0 Å². The molecule has 0 saturated carbocycles. The van der Waals surface area contributed by atoms with Gasteiger partial charge in [-0.25, -0.2) is 23.1 Å². The van der Waals surface area contributed by atoms with Gasteiger partial charge in [-0.3, -0.25) is 9.80 Å². The highest BCUT2D eigenvalue weighted by Gasteiger charge is 2.44. The van der Waals surface area contributed by atoms with E-state index in [4.69, 9.17) is 4.98 Å². The zero-order valence-corrected chi connectivity index (χ0v) is 31.2. The van der Waals surface area contributed by atoms with Crippen LogP contribution in [0.3, 0.4) is 0 Å². The van der Waals surface area contributed by atoms with Crippen molar-refractivity contribution in [2.24, 2.45) is 5.41 Å². The molecule has 1 spiro atoms. The predicted molar refractivity (Wildman–Crippen MR) is 194 cm³/mol. The molecule has 0 bridgehead atoms. The molecular weight excluding hydrogens is 698 g/mol. The summed E-state index contributed by atoms with van der Waals surface area (Å²) in [5, 5.41) is 11.5. The first-order valence-corrected chi connectivity index (χ1v) is 20.0. The number of piperidine rings is 1. The Labute approximate surface area is 301 Å². The summed E-state index contributed by atoms with van der Waals surface area (Å²) in [7, 11) is -1.80. The average Bonchev–Trinajstić information content (AvgIpc) is 3.87. The van der Waals surface area contributed by atoms with Gasteiger partial charge < -0.3 is 9.47 Å². The lowest BCUT2D eigenvalue weighted by Crippen LogP contribution is -2.46. The summed E-state index contributed by atoms with van der Waals surface area (Å²) in [4.78, 5) is 17.1. The highest BCUT2D eigenvalue weighted by Crippen LogP contribution is 2.44. The minimum absolute atomic E-state index is 0.0904. The van der Waals surface area contributed by atoms with E-state index in [9.17, 15) is 26.9 Å². The van der Waals surface area contributed by atoms with E-state index < -0.39 is 22.6 Å². The molecular formula is C36H45F3N8O2S2. The van der Waals surface area contributed by atoms with Crippen molar-refractivity contribution in [2.75, 3.05) is 51.2 Å². The van der Waals surface area contributed by atoms with Crippen LogP contribution in [0.4, 0.5) is 19.0 Å². The van der Waals surface area contributed by atoms with Crippen LogP contribution in [0.1, 0.15) is 60.1 Å². The number of nitriles is 1. The van der Waals surface area contributed by atoms with Crippen LogP contribution in [0.15, 0.2) is 24.3 Å². The number of alkyl halides is 3. The Bertz CT molecular complexity index is 2100. The predicted octanol–water partition coefficient (Wildman–Crippen LogP) is 5.74. The second-order valence-electron chi connectivity index (χ2n) is 14.8. The van der Waals surface area contributed by atoms with E-state index in [0.717, 1.165) is 73.6 Å². The summed E-state index contributed by atoms with van der Waals surface area (Å²) in [5.41, 5.74) is 4.16. The number of likely N-dealkylation sites (tertiary alicyclic amines) is 2. The van der Waals surface area contributed by atoms with Crippen molar-refractivity contribution in [3.63, 3.8) is 0 Å². The number of sulfonamides is 1. The van der Waals surface area contributed by atoms with Crippen LogP contribution < -0.4 is 9.62 Å². The Morgan fingerprint density at radius 2 is 1.82 bits per heavy atom. The monoisotopic (exact) mass is 742 g/mol. The molecule has 3 saturated heterocycles. The number of halogens is 3. The van der Waals surface area contributed by atoms with E-state index in [0.29, 0.717) is 54.2 Å². The van der Waals surface area contributed by atoms with Gasteiger partial charge in [-0.2, -0.15) is 18.4 Å². The maximum atomic E-state index is 13.2. The van der Waals surface area contributed by atoms with Gasteiger partial charge in [0.1, 0.15) is 28.2 Å². The van der Waals surface area contributed by atoms with Gasteiger partial charge in [-0.15, -0.1) is 11.3 Å². The molecule has 10 nitrogen and oxygen atoms in total. The molecule has 1 N–H and O–H groups in total. The van der Waals surface area contributed by atoms with Crippen LogP contribution in [-0.2, 0) is 29.5 Å². The van der Waals surface area contributed by atoms with E-state index in [2.05, 4.69) is 61.0 Å². The third-order valence-electron chi connectivity index (χ3n) is 11.4. The molecule has 3 aromatic heterocycles. The fourth-order valence-electron chi connectivity index (χ4n) is 8.59. The number of fused-ring (bicyclic) bond motifs is 2. The number of nitrogens with one attached hydrogen (secondary N) is 1. The zero-order valence-electron chi connectivity index (χ0n) is 29.6. The molecule has 7 rings (SSSR count). The second-order valence-corrected chi connectivity index (χ2v) is 18.1. The largest absolute Gasteiger partial charge is 0.393 e. The second kappa shape index (κ2) is 13.6. The lowest BCUT2D eigenvalue weighted by atomic mass is 9.86. The first kappa shape index (κ1) is 36.1. The minimum Gasteiger partial charge on any atom is -0.355 e. The number of aryl methyl sites for hydroxylation is 2. The van der Waals surface area contributed by atoms with Crippen molar-refractivity contribution in [3.8, 4) is 6.07 Å². The Morgan fingerprint density at radius 3 is 2.53 bits per heavy atom. The van der Waals surface area contributed by atoms with E-state index >= 15 is 0 Å². The van der Waals surface area contributed by atoms with Gasteiger partial charge in [0.15, 0.2) is 0 Å². The molecule has 3 aliphatic heterocycles. The Kier molecular flexibility index (Phi) is 9.62. The number of benzene rings is 1. The molecule has 2 atom stereocenters. The van der Waals surface area contributed by atoms with E-state index in [1.165, 1.54) is 18.2 Å². The van der Waals surface area contributed by atoms with Crippen molar-refractivity contribution in [3.05, 3.63) is 51.8 Å². The number of rotatable bonds is 9. The molecule has 15 heteroatoms. The van der Waals surface area contributed by atoms with Gasteiger partial charge >= 0.3 is 6.18 Å². The molecule has 274 valence electrons. The highest BCUT2D eigenvalue weighted by molar-refractivity contribution is 7.90. The average molecular weight is 743 g/mol. The smallest absolute Gasteiger partial charge is 0.355 e. The van der Waals surface area contributed by atoms with Crippen LogP contribution in [0.5, 0.6) is 0 Å². The normalized spacial score (nSPS) is 21.8. The van der Waals surface area contributed by atoms with Gasteiger partial charge in [-0.05, 0) is 102 Å². The Balaban J connectivity index is 1.03. The van der Waals surface area contributed by atoms with Crippen LogP contribution in [-0.4, -0.2) is 96.5 Å². The van der Waals surface area contributed by atoms with Crippen molar-refractivity contribution < 1.29 is 21.6 Å². The molecule has 0 amide bonds. The summed E-state index contributed by atoms with van der Waals surface area (Å²) < 4.78 is 68.7. The Morgan fingerprint density at radius 1 is 1.08 bits per heavy atom. The van der Waals surface area contributed by atoms with Crippen LogP contribution in [0, 0.1) is 30.6 Å². The standard InChI is InChI=1S/C36H45F3N8O2S2/c1-23(45-11-7-29(8-12-45)51(48,49)41-4)19-47-27(18-40)15-30-24(2)26(5-6-32(30)47)20-44-13-9-35(21-44)10-14-46(22-35)33-31-16-28(17-36(37,38)39)50-34(31)43-25(3)42-33/h5-6,15-16,23,29,41H,7-14,17,19-22H2,1-4H3/t23-,35?/m0/s1. The maximum Gasteiger partial charge on any atom is 0.393 e. The summed E-state index contributed by atoms with van der Waals surface area (Å²) in [6, 6.07) is 10.5. The molecule has 3 fully saturated rings. The number of aromatic nitrogens is 3. The quantitative estimate of drug-likeness (QED) is 0.231. The van der Waals surface area contributed by atoms with Crippen LogP contribution >= 0.6 is 11.3 Å². The van der Waals surface area contributed by atoms with Gasteiger partial charge in [-0.1, -0.05) is 6.07 Å². The van der Waals surface area contributed by atoms with Crippen molar-refractivity contribution in [2.45, 2.75) is 83.4 Å². The number of hydrogen-bond acceptors (Lipinski definition) is 9. The molecule has 1 aromatic carbocycles. The lowest BCUT2D eigenvalue weighted by Gasteiger charge is -2.36. The molecule has 0 aliphatic carbocycles. The van der Waals surface area contributed by atoms with Gasteiger partial charge in [0.25, 0.3) is 0 Å². The van der Waals surface area contributed by atoms with Gasteiger partial charge in [0.05, 0.1) is 17.1 Å². The van der Waals surface area contributed by atoms with E-state index in [1.54, 1.807) is 13.0 Å². The summed E-state index contributed by atoms with van der Waals surface area (Å²) in [6.07, 6.45) is -1.99. The van der Waals surface area contributed by atoms with Gasteiger partial charge in [0.2, 0.25) is 10.0 Å². The third kappa shape index (κ3) is 7.22. The zero-order chi connectivity index (χ0) is 36.3. The lowest BCUT2D eigenvalue weighted by molar-refractivity contribution is -0.126. The fourth-order valence-corrected chi connectivity index (χ4v) is 10.9. The van der Waals surface area contributed by atoms with Crippen molar-refractivity contribution in [1.29, 1.82) is 5.26 Å². The fraction of sp³-hybridized carbons (Fsp3) is 0.583. The summed E-state index contributed by atoms with van der Waals surface area (Å²) in [6.45, 7) is 12.5. The number of thiophene rings is 1. The molecule has 4 aromatic rings. The van der Waals surface area contributed by atoms with Crippen molar-refractivity contribution >= 4 is 48.3 Å². The van der Waals surface area contributed by atoms with E-state index in [1.807, 2.05) is 6.07 Å². The molecule has 6 heterocycles. The highest BCUT2D eigenvalue weighted by atomic mass is 32.2. The Hall–Kier alpha value is -3.29. The molecule has 3 aliphatic rings. The third-order valence-corrected chi connectivity index (χ3v) is 14.4. The van der Waals surface area contributed by atoms with E-state index in [-0.39, 0.29) is 21.6 Å².